The van der Waals surface area contributed by atoms with E-state index in [0.717, 1.165) is 11.1 Å². The Hall–Kier alpha value is -3.22. The minimum absolute atomic E-state index is 0.0594. The number of hydrogen-bond donors (Lipinski definition) is 1. The summed E-state index contributed by atoms with van der Waals surface area (Å²) in [4.78, 5) is 24.6. The van der Waals surface area contributed by atoms with Crippen molar-refractivity contribution in [2.75, 3.05) is 0 Å². The van der Waals surface area contributed by atoms with Gasteiger partial charge in [0.25, 0.3) is 6.43 Å². The third-order valence-corrected chi connectivity index (χ3v) is 5.38. The first-order valence-corrected chi connectivity index (χ1v) is 10.8. The quantitative estimate of drug-likeness (QED) is 0.469. The van der Waals surface area contributed by atoms with Crippen molar-refractivity contribution in [3.63, 3.8) is 0 Å². The van der Waals surface area contributed by atoms with Crippen molar-refractivity contribution in [1.82, 2.24) is 9.13 Å². The van der Waals surface area contributed by atoms with Gasteiger partial charge in [-0.25, -0.2) is 18.4 Å². The molecule has 0 aliphatic heterocycles. The van der Waals surface area contributed by atoms with Gasteiger partial charge in [-0.1, -0.05) is 69.7 Å². The molecule has 5 nitrogen and oxygen atoms in total. The number of imidazole rings is 1. The van der Waals surface area contributed by atoms with E-state index in [9.17, 15) is 23.5 Å². The molecule has 1 aromatic heterocycles. The molecule has 1 heterocycles. The molecule has 0 bridgehead atoms. The molecular formula is C25H28F2N2O3. The van der Waals surface area contributed by atoms with Crippen LogP contribution in [-0.2, 0) is 19.5 Å². The van der Waals surface area contributed by atoms with E-state index in [4.69, 9.17) is 0 Å². The SMILES string of the molecule is CCCc1c(C(F)F)n(CC(C)C)c(=O)n1Cc1ccc(-c2ccccc2C(=O)O)cc1. The Balaban J connectivity index is 2.00. The van der Waals surface area contributed by atoms with Gasteiger partial charge < -0.3 is 5.11 Å². The number of alkyl halides is 2. The summed E-state index contributed by atoms with van der Waals surface area (Å²) in [6, 6.07) is 13.9. The zero-order valence-electron chi connectivity index (χ0n) is 18.5. The van der Waals surface area contributed by atoms with Crippen LogP contribution < -0.4 is 5.69 Å². The number of aromatic carboxylic acids is 1. The summed E-state index contributed by atoms with van der Waals surface area (Å²) < 4.78 is 30.5. The monoisotopic (exact) mass is 442 g/mol. The molecule has 0 saturated carbocycles. The van der Waals surface area contributed by atoms with Crippen LogP contribution in [0.15, 0.2) is 53.3 Å². The van der Waals surface area contributed by atoms with Crippen LogP contribution in [-0.4, -0.2) is 20.2 Å². The van der Waals surface area contributed by atoms with Gasteiger partial charge in [0.1, 0.15) is 5.69 Å². The molecule has 3 aromatic rings. The van der Waals surface area contributed by atoms with Crippen molar-refractivity contribution < 1.29 is 18.7 Å². The van der Waals surface area contributed by atoms with Crippen molar-refractivity contribution in [3.8, 4) is 11.1 Å². The number of halogens is 2. The molecule has 7 heteroatoms. The Morgan fingerprint density at radius 3 is 2.25 bits per heavy atom. The van der Waals surface area contributed by atoms with E-state index in [2.05, 4.69) is 0 Å². The lowest BCUT2D eigenvalue weighted by atomic mass is 9.99. The minimum atomic E-state index is -2.72. The van der Waals surface area contributed by atoms with Crippen molar-refractivity contribution in [2.45, 2.75) is 53.1 Å². The van der Waals surface area contributed by atoms with Crippen LogP contribution in [0.5, 0.6) is 0 Å². The van der Waals surface area contributed by atoms with E-state index in [0.29, 0.717) is 24.1 Å². The Morgan fingerprint density at radius 1 is 1.03 bits per heavy atom. The van der Waals surface area contributed by atoms with Crippen LogP contribution in [0.4, 0.5) is 8.78 Å². The molecule has 0 atom stereocenters. The predicted octanol–water partition coefficient (Wildman–Crippen LogP) is 5.61. The van der Waals surface area contributed by atoms with E-state index >= 15 is 0 Å². The van der Waals surface area contributed by atoms with Crippen molar-refractivity contribution in [1.29, 1.82) is 0 Å². The van der Waals surface area contributed by atoms with Gasteiger partial charge in [0.2, 0.25) is 0 Å². The average molecular weight is 443 g/mol. The van der Waals surface area contributed by atoms with Gasteiger partial charge >= 0.3 is 11.7 Å². The average Bonchev–Trinajstić information content (AvgIpc) is 2.99. The van der Waals surface area contributed by atoms with Gasteiger partial charge in [-0.05, 0) is 35.1 Å². The minimum Gasteiger partial charge on any atom is -0.478 e. The first kappa shape index (κ1) is 23.4. The molecule has 0 radical (unpaired) electrons. The molecule has 0 unspecified atom stereocenters. The highest BCUT2D eigenvalue weighted by Gasteiger charge is 2.26. The van der Waals surface area contributed by atoms with Crippen LogP contribution in [0.25, 0.3) is 11.1 Å². The lowest BCUT2D eigenvalue weighted by molar-refractivity contribution is 0.0697. The summed E-state index contributed by atoms with van der Waals surface area (Å²) in [7, 11) is 0. The molecule has 0 spiro atoms. The second kappa shape index (κ2) is 9.94. The Kier molecular flexibility index (Phi) is 7.28. The molecule has 0 aliphatic carbocycles. The van der Waals surface area contributed by atoms with E-state index < -0.39 is 18.1 Å². The lowest BCUT2D eigenvalue weighted by Gasteiger charge is -2.11. The first-order chi connectivity index (χ1) is 15.2. The molecule has 0 amide bonds. The Bertz CT molecular complexity index is 1140. The molecule has 32 heavy (non-hydrogen) atoms. The van der Waals surface area contributed by atoms with E-state index in [-0.39, 0.29) is 30.3 Å². The normalized spacial score (nSPS) is 11.5. The van der Waals surface area contributed by atoms with Gasteiger partial charge in [0.05, 0.1) is 12.1 Å². The molecule has 2 aromatic carbocycles. The predicted molar refractivity (Wildman–Crippen MR) is 120 cm³/mol. The number of rotatable bonds is 9. The van der Waals surface area contributed by atoms with Crippen molar-refractivity contribution >= 4 is 5.97 Å². The molecule has 1 N–H and O–H groups in total. The number of hydrogen-bond acceptors (Lipinski definition) is 2. The lowest BCUT2D eigenvalue weighted by Crippen LogP contribution is -2.27. The first-order valence-electron chi connectivity index (χ1n) is 10.8. The number of nitrogens with zero attached hydrogens (tertiary/aromatic N) is 2. The fourth-order valence-electron chi connectivity index (χ4n) is 4.00. The standard InChI is InChI=1S/C25H28F2N2O3/c1-4-7-21-22(23(26)27)29(14-16(2)3)25(32)28(21)15-17-10-12-18(13-11-17)19-8-5-6-9-20(19)24(30)31/h5-6,8-13,16,23H,4,7,14-15H2,1-3H3,(H,30,31). The Morgan fingerprint density at radius 2 is 1.69 bits per heavy atom. The fraction of sp³-hybridized carbons (Fsp3) is 0.360. The number of aromatic nitrogens is 2. The maximum atomic E-state index is 13.9. The highest BCUT2D eigenvalue weighted by molar-refractivity contribution is 5.95. The number of carbonyl (C=O) groups is 1. The summed E-state index contributed by atoms with van der Waals surface area (Å²) in [6.07, 6.45) is -1.68. The maximum Gasteiger partial charge on any atom is 0.336 e. The van der Waals surface area contributed by atoms with Crippen LogP contribution >= 0.6 is 0 Å². The third-order valence-electron chi connectivity index (χ3n) is 5.38. The Labute approximate surface area is 185 Å². The highest BCUT2D eigenvalue weighted by Crippen LogP contribution is 2.27. The molecule has 0 saturated heterocycles. The number of carboxylic acid groups (broad SMARTS) is 1. The smallest absolute Gasteiger partial charge is 0.336 e. The summed E-state index contributed by atoms with van der Waals surface area (Å²) in [5.74, 6) is -0.949. The summed E-state index contributed by atoms with van der Waals surface area (Å²) in [6.45, 7) is 6.12. The van der Waals surface area contributed by atoms with Crippen molar-refractivity contribution in [3.05, 3.63) is 81.5 Å². The fourth-order valence-corrected chi connectivity index (χ4v) is 4.00. The summed E-state index contributed by atoms with van der Waals surface area (Å²) in [5.41, 5.74) is 2.10. The summed E-state index contributed by atoms with van der Waals surface area (Å²) in [5, 5.41) is 9.42. The van der Waals surface area contributed by atoms with Gasteiger partial charge in [-0.3, -0.25) is 9.13 Å². The van der Waals surface area contributed by atoms with Gasteiger partial charge in [-0.15, -0.1) is 0 Å². The maximum absolute atomic E-state index is 13.9. The molecule has 170 valence electrons. The third kappa shape index (κ3) is 4.82. The topological polar surface area (TPSA) is 64.2 Å². The zero-order valence-corrected chi connectivity index (χ0v) is 18.5. The van der Waals surface area contributed by atoms with E-state index in [1.807, 2.05) is 20.8 Å². The zero-order chi connectivity index (χ0) is 23.4. The molecule has 0 fully saturated rings. The molecular weight excluding hydrogens is 414 g/mol. The molecule has 0 aliphatic rings. The second-order valence-corrected chi connectivity index (χ2v) is 8.30. The van der Waals surface area contributed by atoms with E-state index in [1.54, 1.807) is 48.5 Å². The highest BCUT2D eigenvalue weighted by atomic mass is 19.3. The number of benzene rings is 2. The second-order valence-electron chi connectivity index (χ2n) is 8.30. The van der Waals surface area contributed by atoms with Crippen LogP contribution in [0, 0.1) is 5.92 Å². The van der Waals surface area contributed by atoms with E-state index in [1.165, 1.54) is 9.13 Å². The summed E-state index contributed by atoms with van der Waals surface area (Å²) >= 11 is 0. The largest absolute Gasteiger partial charge is 0.478 e. The van der Waals surface area contributed by atoms with Gasteiger partial charge in [0.15, 0.2) is 0 Å². The van der Waals surface area contributed by atoms with Gasteiger partial charge in [0, 0.05) is 12.2 Å². The van der Waals surface area contributed by atoms with Crippen LogP contribution in [0.3, 0.4) is 0 Å². The number of carboxylic acids is 1. The van der Waals surface area contributed by atoms with Crippen LogP contribution in [0.1, 0.15) is 60.9 Å². The van der Waals surface area contributed by atoms with Crippen LogP contribution in [0.2, 0.25) is 0 Å². The van der Waals surface area contributed by atoms with Crippen molar-refractivity contribution in [2.24, 2.45) is 5.92 Å². The molecule has 3 rings (SSSR count). The van der Waals surface area contributed by atoms with Gasteiger partial charge in [-0.2, -0.15) is 0 Å².